The average Bonchev–Trinajstić information content (AvgIpc) is 2.61. The zero-order chi connectivity index (χ0) is 17.8. The molecule has 0 N–H and O–H groups in total. The highest BCUT2D eigenvalue weighted by atomic mass is 16.5. The quantitative estimate of drug-likeness (QED) is 0.217. The molecule has 0 aromatic heterocycles. The Hall–Kier alpha value is -2.54. The Morgan fingerprint density at radius 2 is 1.88 bits per heavy atom. The highest BCUT2D eigenvalue weighted by Crippen LogP contribution is 2.24. The number of hydrogen-bond donors (Lipinski definition) is 0. The standard InChI is InChI=1S/C20H25NO3/c1-4-6-7-8-16(17-11-13-19(23-3)14-12-17)9-10-18(15-21)20(22)24-5-2/h9-14H,4-8H2,1-3H3/b16-9+,18-10-. The van der Waals surface area contributed by atoms with Crippen LogP contribution < -0.4 is 4.74 Å². The van der Waals surface area contributed by atoms with Gasteiger partial charge in [-0.05, 0) is 49.1 Å². The Morgan fingerprint density at radius 1 is 1.17 bits per heavy atom. The molecule has 0 aliphatic rings. The molecule has 4 heteroatoms. The van der Waals surface area contributed by atoms with Crippen LogP contribution in [0.3, 0.4) is 0 Å². The van der Waals surface area contributed by atoms with Crippen LogP contribution in [-0.2, 0) is 9.53 Å². The molecule has 0 heterocycles. The summed E-state index contributed by atoms with van der Waals surface area (Å²) in [5.41, 5.74) is 2.16. The molecule has 0 atom stereocenters. The van der Waals surface area contributed by atoms with Crippen LogP contribution >= 0.6 is 0 Å². The van der Waals surface area contributed by atoms with Crippen molar-refractivity contribution in [3.63, 3.8) is 0 Å². The van der Waals surface area contributed by atoms with Crippen LogP contribution in [-0.4, -0.2) is 19.7 Å². The van der Waals surface area contributed by atoms with Crippen LogP contribution in [0.25, 0.3) is 5.57 Å². The minimum Gasteiger partial charge on any atom is -0.497 e. The molecule has 0 amide bonds. The monoisotopic (exact) mass is 327 g/mol. The van der Waals surface area contributed by atoms with Gasteiger partial charge >= 0.3 is 5.97 Å². The third-order valence-electron chi connectivity index (χ3n) is 3.58. The molecule has 0 aliphatic heterocycles. The maximum Gasteiger partial charge on any atom is 0.348 e. The van der Waals surface area contributed by atoms with Gasteiger partial charge in [0.2, 0.25) is 0 Å². The molecule has 0 saturated carbocycles. The van der Waals surface area contributed by atoms with Gasteiger partial charge in [-0.25, -0.2) is 4.79 Å². The van der Waals surface area contributed by atoms with E-state index in [0.717, 1.165) is 42.6 Å². The van der Waals surface area contributed by atoms with Crippen LogP contribution in [0.4, 0.5) is 0 Å². The minimum absolute atomic E-state index is 0.0124. The molecule has 0 bridgehead atoms. The molecule has 0 aliphatic carbocycles. The van der Waals surface area contributed by atoms with Crippen LogP contribution in [0.15, 0.2) is 42.0 Å². The van der Waals surface area contributed by atoms with Crippen molar-refractivity contribution in [1.82, 2.24) is 0 Å². The molecule has 1 aromatic rings. The number of allylic oxidation sites excluding steroid dienone is 3. The first-order chi connectivity index (χ1) is 11.7. The van der Waals surface area contributed by atoms with E-state index in [1.54, 1.807) is 20.1 Å². The van der Waals surface area contributed by atoms with Crippen molar-refractivity contribution < 1.29 is 14.3 Å². The summed E-state index contributed by atoms with van der Waals surface area (Å²) in [5.74, 6) is 0.213. The van der Waals surface area contributed by atoms with E-state index in [1.807, 2.05) is 36.4 Å². The summed E-state index contributed by atoms with van der Waals surface area (Å²) in [7, 11) is 1.63. The first-order valence-electron chi connectivity index (χ1n) is 8.28. The average molecular weight is 327 g/mol. The van der Waals surface area contributed by atoms with E-state index < -0.39 is 5.97 Å². The fourth-order valence-electron chi connectivity index (χ4n) is 2.24. The SMILES string of the molecule is CCCCC/C(=C\C=C(\C#N)C(=O)OCC)c1ccc(OC)cc1. The second kappa shape index (κ2) is 11.1. The Morgan fingerprint density at radius 3 is 2.42 bits per heavy atom. The number of unbranched alkanes of at least 4 members (excludes halogenated alkanes) is 2. The van der Waals surface area contributed by atoms with Gasteiger partial charge in [0.25, 0.3) is 0 Å². The van der Waals surface area contributed by atoms with E-state index in [4.69, 9.17) is 14.7 Å². The fourth-order valence-corrected chi connectivity index (χ4v) is 2.24. The molecule has 0 unspecified atom stereocenters. The summed E-state index contributed by atoms with van der Waals surface area (Å²) in [5, 5.41) is 9.12. The highest BCUT2D eigenvalue weighted by Gasteiger charge is 2.09. The molecule has 24 heavy (non-hydrogen) atoms. The minimum atomic E-state index is -0.584. The molecular formula is C20H25NO3. The number of nitrogens with zero attached hydrogens (tertiary/aromatic N) is 1. The number of esters is 1. The Bertz CT molecular complexity index is 621. The molecule has 1 rings (SSSR count). The van der Waals surface area contributed by atoms with Gasteiger partial charge in [0.15, 0.2) is 0 Å². The van der Waals surface area contributed by atoms with E-state index in [2.05, 4.69) is 6.92 Å². The maximum absolute atomic E-state index is 11.7. The number of carbonyl (C=O) groups is 1. The number of benzene rings is 1. The first kappa shape index (κ1) is 19.5. The van der Waals surface area contributed by atoms with E-state index in [1.165, 1.54) is 0 Å². The van der Waals surface area contributed by atoms with Crippen molar-refractivity contribution >= 4 is 11.5 Å². The normalized spacial score (nSPS) is 11.8. The van der Waals surface area contributed by atoms with E-state index >= 15 is 0 Å². The van der Waals surface area contributed by atoms with Gasteiger partial charge in [0.05, 0.1) is 13.7 Å². The molecule has 0 spiro atoms. The zero-order valence-corrected chi connectivity index (χ0v) is 14.7. The van der Waals surface area contributed by atoms with Crippen LogP contribution in [0.1, 0.15) is 45.1 Å². The number of carbonyl (C=O) groups excluding carboxylic acids is 1. The lowest BCUT2D eigenvalue weighted by Crippen LogP contribution is -2.05. The topological polar surface area (TPSA) is 59.3 Å². The molecule has 0 radical (unpaired) electrons. The number of nitriles is 1. The summed E-state index contributed by atoms with van der Waals surface area (Å²) in [6.07, 6.45) is 7.61. The third-order valence-corrected chi connectivity index (χ3v) is 3.58. The predicted molar refractivity (Wildman–Crippen MR) is 95.4 cm³/mol. The second-order valence-electron chi connectivity index (χ2n) is 5.29. The van der Waals surface area contributed by atoms with Gasteiger partial charge in [-0.1, -0.05) is 38.0 Å². The summed E-state index contributed by atoms with van der Waals surface area (Å²) < 4.78 is 10.1. The number of ether oxygens (including phenoxy) is 2. The molecule has 128 valence electrons. The number of methoxy groups -OCH3 is 1. The van der Waals surface area contributed by atoms with Gasteiger partial charge < -0.3 is 9.47 Å². The van der Waals surface area contributed by atoms with Gasteiger partial charge in [-0.2, -0.15) is 5.26 Å². The lowest BCUT2D eigenvalue weighted by atomic mass is 9.98. The predicted octanol–water partition coefficient (Wildman–Crippen LogP) is 4.67. The Kier molecular flexibility index (Phi) is 8.99. The summed E-state index contributed by atoms with van der Waals surface area (Å²) in [4.78, 5) is 11.7. The molecule has 4 nitrogen and oxygen atoms in total. The van der Waals surface area contributed by atoms with E-state index in [0.29, 0.717) is 0 Å². The smallest absolute Gasteiger partial charge is 0.348 e. The van der Waals surface area contributed by atoms with Crippen molar-refractivity contribution in [1.29, 1.82) is 5.26 Å². The van der Waals surface area contributed by atoms with Crippen LogP contribution in [0.5, 0.6) is 5.75 Å². The van der Waals surface area contributed by atoms with Crippen molar-refractivity contribution in [2.45, 2.75) is 39.5 Å². The van der Waals surface area contributed by atoms with Gasteiger partial charge in [0, 0.05) is 0 Å². The van der Waals surface area contributed by atoms with Gasteiger partial charge in [0.1, 0.15) is 17.4 Å². The second-order valence-corrected chi connectivity index (χ2v) is 5.29. The molecule has 0 saturated heterocycles. The summed E-state index contributed by atoms with van der Waals surface area (Å²) in [6, 6.07) is 9.69. The molecule has 0 fully saturated rings. The van der Waals surface area contributed by atoms with Crippen molar-refractivity contribution in [2.24, 2.45) is 0 Å². The van der Waals surface area contributed by atoms with E-state index in [-0.39, 0.29) is 12.2 Å². The van der Waals surface area contributed by atoms with Crippen molar-refractivity contribution in [3.8, 4) is 11.8 Å². The fraction of sp³-hybridized carbons (Fsp3) is 0.400. The van der Waals surface area contributed by atoms with E-state index in [9.17, 15) is 4.79 Å². The lowest BCUT2D eigenvalue weighted by Gasteiger charge is -2.08. The van der Waals surface area contributed by atoms with Crippen molar-refractivity contribution in [2.75, 3.05) is 13.7 Å². The Labute approximate surface area is 144 Å². The zero-order valence-electron chi connectivity index (χ0n) is 14.7. The largest absolute Gasteiger partial charge is 0.497 e. The Balaban J connectivity index is 3.06. The first-order valence-corrected chi connectivity index (χ1v) is 8.28. The number of rotatable bonds is 9. The highest BCUT2D eigenvalue weighted by molar-refractivity contribution is 5.93. The molecule has 1 aromatic carbocycles. The lowest BCUT2D eigenvalue weighted by molar-refractivity contribution is -0.138. The summed E-state index contributed by atoms with van der Waals surface area (Å²) >= 11 is 0. The third kappa shape index (κ3) is 6.29. The van der Waals surface area contributed by atoms with Gasteiger partial charge in [-0.15, -0.1) is 0 Å². The maximum atomic E-state index is 11.7. The van der Waals surface area contributed by atoms with Gasteiger partial charge in [-0.3, -0.25) is 0 Å². The van der Waals surface area contributed by atoms with Crippen LogP contribution in [0, 0.1) is 11.3 Å². The van der Waals surface area contributed by atoms with Crippen molar-refractivity contribution in [3.05, 3.63) is 47.6 Å². The number of hydrogen-bond acceptors (Lipinski definition) is 4. The summed E-state index contributed by atoms with van der Waals surface area (Å²) in [6.45, 7) is 4.13. The van der Waals surface area contributed by atoms with Crippen LogP contribution in [0.2, 0.25) is 0 Å². The molecular weight excluding hydrogens is 302 g/mol.